The highest BCUT2D eigenvalue weighted by Gasteiger charge is 2.27. The SMILES string of the molecule is Cc1ccc(S(=O)(=O)N2CCCCC2)cc1C(=O)OCC(O)=C(C#N)c1nc2ccccc2[nH]1. The Morgan fingerprint density at radius 2 is 1.94 bits per heavy atom. The van der Waals surface area contributed by atoms with Gasteiger partial charge in [0.05, 0.1) is 21.5 Å². The van der Waals surface area contributed by atoms with Crippen LogP contribution in [0.15, 0.2) is 53.1 Å². The first-order chi connectivity index (χ1) is 16.3. The Balaban J connectivity index is 1.54. The summed E-state index contributed by atoms with van der Waals surface area (Å²) < 4.78 is 32.6. The first-order valence-electron chi connectivity index (χ1n) is 10.9. The van der Waals surface area contributed by atoms with E-state index in [1.54, 1.807) is 31.2 Å². The van der Waals surface area contributed by atoms with Crippen LogP contribution in [0.4, 0.5) is 0 Å². The van der Waals surface area contributed by atoms with Crippen LogP contribution in [-0.4, -0.2) is 53.5 Å². The lowest BCUT2D eigenvalue weighted by Gasteiger charge is -2.26. The van der Waals surface area contributed by atoms with Gasteiger partial charge in [0.2, 0.25) is 10.0 Å². The van der Waals surface area contributed by atoms with Crippen molar-refractivity contribution in [3.05, 3.63) is 65.2 Å². The minimum Gasteiger partial charge on any atom is -0.507 e. The summed E-state index contributed by atoms with van der Waals surface area (Å²) in [6.07, 6.45) is 2.60. The van der Waals surface area contributed by atoms with E-state index in [0.29, 0.717) is 29.7 Å². The van der Waals surface area contributed by atoms with E-state index in [2.05, 4.69) is 9.97 Å². The van der Waals surface area contributed by atoms with Crippen LogP contribution in [0.5, 0.6) is 0 Å². The molecule has 2 aromatic carbocycles. The summed E-state index contributed by atoms with van der Waals surface area (Å²) in [4.78, 5) is 20.0. The van der Waals surface area contributed by atoms with Crippen LogP contribution in [0.1, 0.15) is 41.0 Å². The number of hydrogen-bond acceptors (Lipinski definition) is 7. The number of rotatable bonds is 6. The molecule has 0 amide bonds. The molecule has 3 aromatic rings. The van der Waals surface area contributed by atoms with Gasteiger partial charge >= 0.3 is 5.97 Å². The van der Waals surface area contributed by atoms with Gasteiger partial charge in [0.25, 0.3) is 0 Å². The number of sulfonamides is 1. The number of nitriles is 1. The normalized spacial score (nSPS) is 15.5. The lowest BCUT2D eigenvalue weighted by Crippen LogP contribution is -2.35. The maximum atomic E-state index is 13.0. The number of H-pyrrole nitrogens is 1. The first kappa shape index (κ1) is 23.5. The molecule has 0 saturated carbocycles. The molecule has 34 heavy (non-hydrogen) atoms. The molecule has 1 aliphatic heterocycles. The number of piperidine rings is 1. The van der Waals surface area contributed by atoms with E-state index in [1.165, 1.54) is 16.4 Å². The van der Waals surface area contributed by atoms with Gasteiger partial charge in [-0.05, 0) is 49.6 Å². The van der Waals surface area contributed by atoms with Gasteiger partial charge < -0.3 is 14.8 Å². The van der Waals surface area contributed by atoms with Gasteiger partial charge in [-0.2, -0.15) is 9.57 Å². The monoisotopic (exact) mass is 480 g/mol. The molecule has 2 heterocycles. The molecule has 1 saturated heterocycles. The van der Waals surface area contributed by atoms with Crippen molar-refractivity contribution >= 4 is 32.6 Å². The number of aryl methyl sites for hydroxylation is 1. The second-order valence-electron chi connectivity index (χ2n) is 8.05. The average Bonchev–Trinajstić information content (AvgIpc) is 3.27. The number of aromatic nitrogens is 2. The minimum atomic E-state index is -3.72. The zero-order valence-electron chi connectivity index (χ0n) is 18.6. The molecule has 0 radical (unpaired) electrons. The Bertz CT molecular complexity index is 1380. The summed E-state index contributed by atoms with van der Waals surface area (Å²) in [5.41, 5.74) is 1.77. The third kappa shape index (κ3) is 4.66. The number of nitrogens with zero attached hydrogens (tertiary/aromatic N) is 3. The summed E-state index contributed by atoms with van der Waals surface area (Å²) in [7, 11) is -3.72. The predicted octanol–water partition coefficient (Wildman–Crippen LogP) is 3.70. The van der Waals surface area contributed by atoms with Crippen molar-refractivity contribution in [2.45, 2.75) is 31.1 Å². The zero-order valence-corrected chi connectivity index (χ0v) is 19.4. The largest absolute Gasteiger partial charge is 0.507 e. The average molecular weight is 481 g/mol. The smallest absolute Gasteiger partial charge is 0.338 e. The van der Waals surface area contributed by atoms with Crippen LogP contribution in [0.25, 0.3) is 16.6 Å². The number of esters is 1. The number of carbonyl (C=O) groups is 1. The first-order valence-corrected chi connectivity index (χ1v) is 12.3. The molecule has 1 aromatic heterocycles. The van der Waals surface area contributed by atoms with E-state index in [4.69, 9.17) is 4.74 Å². The van der Waals surface area contributed by atoms with Crippen LogP contribution >= 0.6 is 0 Å². The number of imidazole rings is 1. The van der Waals surface area contributed by atoms with Gasteiger partial charge in [0.1, 0.15) is 18.2 Å². The van der Waals surface area contributed by atoms with Crippen molar-refractivity contribution in [1.29, 1.82) is 5.26 Å². The van der Waals surface area contributed by atoms with Gasteiger partial charge in [0.15, 0.2) is 11.6 Å². The maximum Gasteiger partial charge on any atom is 0.338 e. The van der Waals surface area contributed by atoms with Crippen LogP contribution < -0.4 is 0 Å². The molecule has 10 heteroatoms. The van der Waals surface area contributed by atoms with Crippen LogP contribution in [0.2, 0.25) is 0 Å². The Morgan fingerprint density at radius 3 is 2.65 bits per heavy atom. The Morgan fingerprint density at radius 1 is 1.21 bits per heavy atom. The molecular weight excluding hydrogens is 456 g/mol. The highest BCUT2D eigenvalue weighted by molar-refractivity contribution is 7.89. The number of allylic oxidation sites excluding steroid dienone is 1. The number of aromatic amines is 1. The molecule has 0 unspecified atom stereocenters. The Labute approximate surface area is 197 Å². The predicted molar refractivity (Wildman–Crippen MR) is 125 cm³/mol. The molecule has 0 aliphatic carbocycles. The van der Waals surface area contributed by atoms with Crippen molar-refractivity contribution in [2.24, 2.45) is 0 Å². The third-order valence-electron chi connectivity index (χ3n) is 5.75. The summed E-state index contributed by atoms with van der Waals surface area (Å²) in [6.45, 7) is 2.00. The van der Waals surface area contributed by atoms with Crippen molar-refractivity contribution in [3.63, 3.8) is 0 Å². The van der Waals surface area contributed by atoms with Gasteiger partial charge in [0, 0.05) is 13.1 Å². The fourth-order valence-electron chi connectivity index (χ4n) is 3.84. The number of fused-ring (bicyclic) bond motifs is 1. The minimum absolute atomic E-state index is 0.0201. The number of nitrogens with one attached hydrogen (secondary N) is 1. The number of aliphatic hydroxyl groups excluding tert-OH is 1. The number of carbonyl (C=O) groups excluding carboxylic acids is 1. The van der Waals surface area contributed by atoms with Gasteiger partial charge in [-0.25, -0.2) is 18.2 Å². The molecule has 176 valence electrons. The number of aliphatic hydroxyl groups is 1. The standard InChI is InChI=1S/C24H24N4O5S/c1-16-9-10-17(34(31,32)28-11-5-2-6-12-28)13-18(16)24(30)33-15-22(29)19(14-25)23-26-20-7-3-4-8-21(20)27-23/h3-4,7-10,13,29H,2,5-6,11-12,15H2,1H3,(H,26,27). The van der Waals surface area contributed by atoms with E-state index < -0.39 is 28.4 Å². The summed E-state index contributed by atoms with van der Waals surface area (Å²) in [5, 5.41) is 19.9. The highest BCUT2D eigenvalue weighted by Crippen LogP contribution is 2.24. The topological polar surface area (TPSA) is 136 Å². The van der Waals surface area contributed by atoms with Crippen molar-refractivity contribution in [1.82, 2.24) is 14.3 Å². The van der Waals surface area contributed by atoms with Crippen molar-refractivity contribution in [3.8, 4) is 6.07 Å². The van der Waals surface area contributed by atoms with Gasteiger partial charge in [-0.15, -0.1) is 0 Å². The van der Waals surface area contributed by atoms with E-state index in [1.807, 2.05) is 12.1 Å². The summed E-state index contributed by atoms with van der Waals surface area (Å²) >= 11 is 0. The molecule has 2 N–H and O–H groups in total. The number of hydrogen-bond donors (Lipinski definition) is 2. The molecule has 1 fully saturated rings. The molecule has 0 bridgehead atoms. The van der Waals surface area contributed by atoms with Gasteiger partial charge in [-0.1, -0.05) is 24.6 Å². The van der Waals surface area contributed by atoms with E-state index in [9.17, 15) is 23.6 Å². The van der Waals surface area contributed by atoms with E-state index in [-0.39, 0.29) is 21.9 Å². The molecular formula is C24H24N4O5S. The molecule has 0 spiro atoms. The maximum absolute atomic E-state index is 13.0. The second-order valence-corrected chi connectivity index (χ2v) is 9.99. The fourth-order valence-corrected chi connectivity index (χ4v) is 5.39. The van der Waals surface area contributed by atoms with Crippen LogP contribution in [-0.2, 0) is 14.8 Å². The molecule has 1 aliphatic rings. The lowest BCUT2D eigenvalue weighted by atomic mass is 10.1. The Hall–Kier alpha value is -3.68. The zero-order chi connectivity index (χ0) is 24.3. The van der Waals surface area contributed by atoms with Crippen LogP contribution in [0, 0.1) is 18.3 Å². The van der Waals surface area contributed by atoms with E-state index in [0.717, 1.165) is 19.3 Å². The van der Waals surface area contributed by atoms with Crippen LogP contribution in [0.3, 0.4) is 0 Å². The number of para-hydroxylation sites is 2. The Kier molecular flexibility index (Phi) is 6.68. The lowest BCUT2D eigenvalue weighted by molar-refractivity contribution is 0.0501. The molecule has 0 atom stereocenters. The summed E-state index contributed by atoms with van der Waals surface area (Å²) in [5.74, 6) is -1.12. The van der Waals surface area contributed by atoms with Gasteiger partial charge in [-0.3, -0.25) is 0 Å². The summed E-state index contributed by atoms with van der Waals surface area (Å²) in [6, 6.07) is 13.4. The van der Waals surface area contributed by atoms with E-state index >= 15 is 0 Å². The highest BCUT2D eigenvalue weighted by atomic mass is 32.2. The van der Waals surface area contributed by atoms with Crippen molar-refractivity contribution in [2.75, 3.05) is 19.7 Å². The third-order valence-corrected chi connectivity index (χ3v) is 7.64. The quantitative estimate of drug-likeness (QED) is 0.312. The van der Waals surface area contributed by atoms with Crippen molar-refractivity contribution < 1.29 is 23.1 Å². The second kappa shape index (κ2) is 9.67. The fraction of sp³-hybridized carbons (Fsp3) is 0.292. The number of ether oxygens (including phenoxy) is 1. The number of benzene rings is 2. The molecule has 4 rings (SSSR count). The molecule has 9 nitrogen and oxygen atoms in total.